The number of halogens is 1. The molecule has 1 aromatic carbocycles. The topological polar surface area (TPSA) is 82.5 Å². The molecule has 4 aromatic rings. The van der Waals surface area contributed by atoms with Gasteiger partial charge in [0.25, 0.3) is 0 Å². The minimum Gasteiger partial charge on any atom is -0.324 e. The fourth-order valence-corrected chi connectivity index (χ4v) is 5.07. The van der Waals surface area contributed by atoms with Crippen LogP contribution in [0.25, 0.3) is 21.3 Å². The SMILES string of the molecule is CC(C)n1c(CN)nnc1Sc1ncnc2scc(-c3ccc(Cl)cc3)c12. The third-order valence-electron chi connectivity index (χ3n) is 4.11. The molecule has 27 heavy (non-hydrogen) atoms. The third kappa shape index (κ3) is 3.45. The standard InChI is InChI=1S/C18H17ClN6S2/c1-10(2)25-14(7-20)23-24-18(25)27-17-15-13(8-26-16(15)21-9-22-17)11-3-5-12(19)6-4-11/h3-6,8-10H,7,20H2,1-2H3. The van der Waals surface area contributed by atoms with E-state index in [1.54, 1.807) is 17.7 Å². The van der Waals surface area contributed by atoms with Gasteiger partial charge in [-0.2, -0.15) is 0 Å². The summed E-state index contributed by atoms with van der Waals surface area (Å²) in [7, 11) is 0. The van der Waals surface area contributed by atoms with E-state index < -0.39 is 0 Å². The van der Waals surface area contributed by atoms with E-state index in [9.17, 15) is 0 Å². The van der Waals surface area contributed by atoms with Gasteiger partial charge in [0.2, 0.25) is 0 Å². The highest BCUT2D eigenvalue weighted by molar-refractivity contribution is 7.99. The van der Waals surface area contributed by atoms with Gasteiger partial charge in [0.1, 0.15) is 22.0 Å². The molecule has 3 heterocycles. The lowest BCUT2D eigenvalue weighted by Crippen LogP contribution is -2.11. The van der Waals surface area contributed by atoms with Crippen LogP contribution in [0.1, 0.15) is 25.7 Å². The maximum atomic E-state index is 6.04. The number of hydrogen-bond acceptors (Lipinski definition) is 7. The Hall–Kier alpha value is -2.00. The summed E-state index contributed by atoms with van der Waals surface area (Å²) in [6.07, 6.45) is 1.59. The molecule has 0 fully saturated rings. The van der Waals surface area contributed by atoms with Crippen LogP contribution in [0.15, 0.2) is 46.2 Å². The lowest BCUT2D eigenvalue weighted by atomic mass is 10.1. The first-order chi connectivity index (χ1) is 13.1. The normalized spacial score (nSPS) is 11.6. The lowest BCUT2D eigenvalue weighted by molar-refractivity contribution is 0.526. The molecule has 0 radical (unpaired) electrons. The summed E-state index contributed by atoms with van der Waals surface area (Å²) in [6.45, 7) is 4.52. The highest BCUT2D eigenvalue weighted by Crippen LogP contribution is 2.40. The zero-order valence-corrected chi connectivity index (χ0v) is 17.1. The molecule has 0 saturated carbocycles. The number of nitrogens with zero attached hydrogens (tertiary/aromatic N) is 5. The van der Waals surface area contributed by atoms with Gasteiger partial charge in [-0.3, -0.25) is 0 Å². The summed E-state index contributed by atoms with van der Waals surface area (Å²) in [5.74, 6) is 0.765. The molecule has 0 saturated heterocycles. The van der Waals surface area contributed by atoms with Crippen molar-refractivity contribution in [2.75, 3.05) is 0 Å². The van der Waals surface area contributed by atoms with Gasteiger partial charge in [0.15, 0.2) is 5.16 Å². The molecule has 2 N–H and O–H groups in total. The van der Waals surface area contributed by atoms with Crippen LogP contribution in [-0.2, 0) is 6.54 Å². The smallest absolute Gasteiger partial charge is 0.197 e. The molecule has 0 atom stereocenters. The Kier molecular flexibility index (Phi) is 5.14. The van der Waals surface area contributed by atoms with Crippen LogP contribution in [0, 0.1) is 0 Å². The van der Waals surface area contributed by atoms with E-state index in [2.05, 4.69) is 39.4 Å². The minimum atomic E-state index is 0.205. The molecule has 0 aliphatic rings. The van der Waals surface area contributed by atoms with E-state index in [4.69, 9.17) is 17.3 Å². The Balaban J connectivity index is 1.83. The van der Waals surface area contributed by atoms with Crippen LogP contribution in [-0.4, -0.2) is 24.7 Å². The summed E-state index contributed by atoms with van der Waals surface area (Å²) < 4.78 is 2.05. The maximum absolute atomic E-state index is 6.04. The zero-order valence-electron chi connectivity index (χ0n) is 14.8. The highest BCUT2D eigenvalue weighted by Gasteiger charge is 2.19. The van der Waals surface area contributed by atoms with Gasteiger partial charge in [-0.05, 0) is 43.3 Å². The number of thiophene rings is 1. The van der Waals surface area contributed by atoms with E-state index in [0.717, 1.165) is 37.4 Å². The number of hydrogen-bond donors (Lipinski definition) is 1. The molecular weight excluding hydrogens is 400 g/mol. The predicted molar refractivity (Wildman–Crippen MR) is 110 cm³/mol. The van der Waals surface area contributed by atoms with Gasteiger partial charge in [-0.1, -0.05) is 23.7 Å². The second-order valence-electron chi connectivity index (χ2n) is 6.18. The average molecular weight is 417 g/mol. The number of nitrogens with two attached hydrogens (primary N) is 1. The van der Waals surface area contributed by atoms with Crippen molar-refractivity contribution >= 4 is 44.9 Å². The molecule has 9 heteroatoms. The first-order valence-corrected chi connectivity index (χ1v) is 10.5. The average Bonchev–Trinajstić information content (AvgIpc) is 3.27. The van der Waals surface area contributed by atoms with E-state index in [1.165, 1.54) is 11.8 Å². The molecule has 6 nitrogen and oxygen atoms in total. The molecule has 0 aliphatic carbocycles. The van der Waals surface area contributed by atoms with Crippen LogP contribution in [0.2, 0.25) is 5.02 Å². The molecule has 0 bridgehead atoms. The Labute approximate surface area is 169 Å². The number of rotatable bonds is 5. The van der Waals surface area contributed by atoms with Gasteiger partial charge in [0, 0.05) is 22.0 Å². The van der Waals surface area contributed by atoms with E-state index in [1.807, 2.05) is 28.8 Å². The van der Waals surface area contributed by atoms with Crippen molar-refractivity contribution in [2.45, 2.75) is 36.6 Å². The summed E-state index contributed by atoms with van der Waals surface area (Å²) in [6, 6.07) is 8.00. The van der Waals surface area contributed by atoms with Gasteiger partial charge in [0.05, 0.1) is 11.9 Å². The Morgan fingerprint density at radius 2 is 1.96 bits per heavy atom. The van der Waals surface area contributed by atoms with Crippen LogP contribution in [0.5, 0.6) is 0 Å². The highest BCUT2D eigenvalue weighted by atomic mass is 35.5. The maximum Gasteiger partial charge on any atom is 0.197 e. The Bertz CT molecular complexity index is 1090. The predicted octanol–water partition coefficient (Wildman–Crippen LogP) is 4.79. The summed E-state index contributed by atoms with van der Waals surface area (Å²) >= 11 is 9.12. The summed E-state index contributed by atoms with van der Waals surface area (Å²) in [5, 5.41) is 14.0. The summed E-state index contributed by atoms with van der Waals surface area (Å²) in [4.78, 5) is 9.90. The largest absolute Gasteiger partial charge is 0.324 e. The monoisotopic (exact) mass is 416 g/mol. The van der Waals surface area contributed by atoms with Gasteiger partial charge < -0.3 is 10.3 Å². The molecule has 0 spiro atoms. The first-order valence-electron chi connectivity index (χ1n) is 8.38. The third-order valence-corrected chi connectivity index (χ3v) is 6.21. The van der Waals surface area contributed by atoms with Gasteiger partial charge in [-0.15, -0.1) is 21.5 Å². The summed E-state index contributed by atoms with van der Waals surface area (Å²) in [5.41, 5.74) is 7.98. The van der Waals surface area contributed by atoms with Crippen molar-refractivity contribution < 1.29 is 0 Å². The van der Waals surface area contributed by atoms with E-state index in [-0.39, 0.29) is 6.04 Å². The molecule has 0 amide bonds. The van der Waals surface area contributed by atoms with E-state index >= 15 is 0 Å². The first kappa shape index (κ1) is 18.4. The second kappa shape index (κ2) is 7.55. The fourth-order valence-electron chi connectivity index (χ4n) is 2.89. The Morgan fingerprint density at radius 1 is 1.19 bits per heavy atom. The van der Waals surface area contributed by atoms with Crippen molar-refractivity contribution in [3.8, 4) is 11.1 Å². The van der Waals surface area contributed by atoms with Gasteiger partial charge >= 0.3 is 0 Å². The van der Waals surface area contributed by atoms with Crippen molar-refractivity contribution in [1.82, 2.24) is 24.7 Å². The quantitative estimate of drug-likeness (QED) is 0.471. The van der Waals surface area contributed by atoms with Crippen LogP contribution in [0.4, 0.5) is 0 Å². The number of aromatic nitrogens is 5. The molecular formula is C18H17ClN6S2. The van der Waals surface area contributed by atoms with E-state index in [0.29, 0.717) is 11.6 Å². The van der Waals surface area contributed by atoms with Crippen molar-refractivity contribution in [2.24, 2.45) is 5.73 Å². The molecule has 3 aromatic heterocycles. The minimum absolute atomic E-state index is 0.205. The van der Waals surface area contributed by atoms with Gasteiger partial charge in [-0.25, -0.2) is 9.97 Å². The zero-order chi connectivity index (χ0) is 19.0. The van der Waals surface area contributed by atoms with Crippen LogP contribution >= 0.6 is 34.7 Å². The number of benzene rings is 1. The van der Waals surface area contributed by atoms with Crippen molar-refractivity contribution in [3.63, 3.8) is 0 Å². The molecule has 0 unspecified atom stereocenters. The molecule has 4 rings (SSSR count). The lowest BCUT2D eigenvalue weighted by Gasteiger charge is -2.13. The molecule has 0 aliphatic heterocycles. The Morgan fingerprint density at radius 3 is 2.67 bits per heavy atom. The number of fused-ring (bicyclic) bond motifs is 1. The second-order valence-corrected chi connectivity index (χ2v) is 8.43. The van der Waals surface area contributed by atoms with Crippen LogP contribution < -0.4 is 5.73 Å². The van der Waals surface area contributed by atoms with Crippen molar-refractivity contribution in [3.05, 3.63) is 46.8 Å². The molecule has 138 valence electrons. The van der Waals surface area contributed by atoms with Crippen molar-refractivity contribution in [1.29, 1.82) is 0 Å². The fraction of sp³-hybridized carbons (Fsp3) is 0.222. The van der Waals surface area contributed by atoms with Crippen LogP contribution in [0.3, 0.4) is 0 Å².